The van der Waals surface area contributed by atoms with Crippen molar-refractivity contribution in [3.63, 3.8) is 0 Å². The van der Waals surface area contributed by atoms with Gasteiger partial charge in [0.25, 0.3) is 0 Å². The molecular weight excluding hydrogens is 388 g/mol. The largest absolute Gasteiger partial charge is 0.495 e. The Morgan fingerprint density at radius 1 is 0.968 bits per heavy atom. The summed E-state index contributed by atoms with van der Waals surface area (Å²) >= 11 is 0. The molecule has 0 amide bonds. The first-order chi connectivity index (χ1) is 15.2. The topological polar surface area (TPSA) is 53.8 Å². The number of nitrogens with one attached hydrogen (secondary N) is 1. The van der Waals surface area contributed by atoms with E-state index in [1.807, 2.05) is 36.4 Å². The van der Waals surface area contributed by atoms with Gasteiger partial charge in [-0.1, -0.05) is 30.3 Å². The van der Waals surface area contributed by atoms with E-state index in [4.69, 9.17) is 14.1 Å². The molecule has 0 unspecified atom stereocenters. The summed E-state index contributed by atoms with van der Waals surface area (Å²) in [6, 6.07) is 20.3. The van der Waals surface area contributed by atoms with E-state index in [9.17, 15) is 0 Å². The lowest BCUT2D eigenvalue weighted by atomic mass is 10.1. The number of hydrogen-bond acceptors (Lipinski definition) is 6. The molecule has 31 heavy (non-hydrogen) atoms. The van der Waals surface area contributed by atoms with Gasteiger partial charge in [-0.05, 0) is 36.9 Å². The fourth-order valence-electron chi connectivity index (χ4n) is 4.02. The monoisotopic (exact) mass is 414 g/mol. The Kier molecular flexibility index (Phi) is 5.22. The first-order valence-corrected chi connectivity index (χ1v) is 10.5. The first-order valence-electron chi connectivity index (χ1n) is 10.5. The van der Waals surface area contributed by atoms with Crippen molar-refractivity contribution in [2.24, 2.45) is 0 Å². The Labute approximate surface area is 182 Å². The van der Waals surface area contributed by atoms with Crippen LogP contribution < -0.4 is 15.0 Å². The Bertz CT molecular complexity index is 1180. The zero-order valence-corrected chi connectivity index (χ0v) is 17.8. The average Bonchev–Trinajstić information content (AvgIpc) is 3.23. The van der Waals surface area contributed by atoms with Crippen molar-refractivity contribution in [3.05, 3.63) is 66.9 Å². The third kappa shape index (κ3) is 3.94. The summed E-state index contributed by atoms with van der Waals surface area (Å²) in [5.74, 6) is 1.63. The number of nitrogens with zero attached hydrogens (tertiary/aromatic N) is 3. The normalized spacial score (nSPS) is 14.7. The zero-order valence-electron chi connectivity index (χ0n) is 17.8. The number of anilines is 3. The molecule has 3 heterocycles. The zero-order chi connectivity index (χ0) is 21.2. The van der Waals surface area contributed by atoms with E-state index in [-0.39, 0.29) is 0 Å². The smallest absolute Gasteiger partial charge is 0.153 e. The Morgan fingerprint density at radius 3 is 2.55 bits per heavy atom. The van der Waals surface area contributed by atoms with Crippen LogP contribution in [0.2, 0.25) is 0 Å². The van der Waals surface area contributed by atoms with Crippen LogP contribution in [0, 0.1) is 0 Å². The van der Waals surface area contributed by atoms with Crippen molar-refractivity contribution in [3.8, 4) is 16.9 Å². The molecule has 0 atom stereocenters. The molecule has 1 aliphatic rings. The van der Waals surface area contributed by atoms with Crippen LogP contribution in [0.25, 0.3) is 22.2 Å². The van der Waals surface area contributed by atoms with Gasteiger partial charge in [0.15, 0.2) is 5.58 Å². The van der Waals surface area contributed by atoms with Crippen molar-refractivity contribution in [2.75, 3.05) is 50.6 Å². The minimum absolute atomic E-state index is 0.764. The lowest BCUT2D eigenvalue weighted by Crippen LogP contribution is -2.44. The second kappa shape index (κ2) is 8.32. The summed E-state index contributed by atoms with van der Waals surface area (Å²) in [6.45, 7) is 4.12. The third-order valence-electron chi connectivity index (χ3n) is 5.80. The van der Waals surface area contributed by atoms with Gasteiger partial charge in [-0.3, -0.25) is 0 Å². The first kappa shape index (κ1) is 19.5. The van der Waals surface area contributed by atoms with Crippen molar-refractivity contribution in [1.82, 2.24) is 9.88 Å². The number of aromatic nitrogens is 1. The van der Waals surface area contributed by atoms with E-state index in [1.165, 1.54) is 0 Å². The van der Waals surface area contributed by atoms with Gasteiger partial charge in [0.2, 0.25) is 0 Å². The molecule has 0 bridgehead atoms. The molecule has 0 aliphatic carbocycles. The minimum Gasteiger partial charge on any atom is -0.495 e. The van der Waals surface area contributed by atoms with Gasteiger partial charge in [0.1, 0.15) is 23.3 Å². The molecule has 4 aromatic rings. The highest BCUT2D eigenvalue weighted by Crippen LogP contribution is 2.34. The van der Waals surface area contributed by atoms with Crippen LogP contribution in [0.15, 0.2) is 71.3 Å². The number of furan rings is 1. The maximum Gasteiger partial charge on any atom is 0.153 e. The van der Waals surface area contributed by atoms with Crippen molar-refractivity contribution >= 4 is 28.3 Å². The number of ether oxygens (including phenoxy) is 1. The fraction of sp³-hybridized carbons (Fsp3) is 0.240. The predicted molar refractivity (Wildman–Crippen MR) is 125 cm³/mol. The minimum atomic E-state index is 0.764. The van der Waals surface area contributed by atoms with Gasteiger partial charge in [0.05, 0.1) is 12.8 Å². The second-order valence-electron chi connectivity index (χ2n) is 7.86. The highest BCUT2D eigenvalue weighted by atomic mass is 16.5. The Hall–Kier alpha value is -3.51. The predicted octanol–water partition coefficient (Wildman–Crippen LogP) is 5.00. The molecule has 5 rings (SSSR count). The van der Waals surface area contributed by atoms with Gasteiger partial charge in [0, 0.05) is 43.5 Å². The molecule has 158 valence electrons. The summed E-state index contributed by atoms with van der Waals surface area (Å²) in [5, 5.41) is 3.42. The van der Waals surface area contributed by atoms with Crippen LogP contribution in [-0.4, -0.2) is 50.2 Å². The lowest BCUT2D eigenvalue weighted by Gasteiger charge is -2.34. The number of benzene rings is 2. The van der Waals surface area contributed by atoms with E-state index < -0.39 is 0 Å². The van der Waals surface area contributed by atoms with E-state index in [0.29, 0.717) is 0 Å². The van der Waals surface area contributed by atoms with Crippen molar-refractivity contribution in [2.45, 2.75) is 0 Å². The van der Waals surface area contributed by atoms with Crippen molar-refractivity contribution < 1.29 is 9.15 Å². The number of fused-ring (bicyclic) bond motifs is 1. The van der Waals surface area contributed by atoms with Crippen LogP contribution in [0.5, 0.6) is 5.75 Å². The molecule has 1 aliphatic heterocycles. The van der Waals surface area contributed by atoms with E-state index >= 15 is 0 Å². The Balaban J connectivity index is 1.42. The van der Waals surface area contributed by atoms with Crippen molar-refractivity contribution in [1.29, 1.82) is 0 Å². The number of likely N-dealkylation sites (N-methyl/N-ethyl adjacent to an activating group) is 1. The number of piperazine rings is 1. The summed E-state index contributed by atoms with van der Waals surface area (Å²) in [7, 11) is 3.88. The van der Waals surface area contributed by atoms with Gasteiger partial charge in [-0.15, -0.1) is 0 Å². The molecule has 6 nitrogen and oxygen atoms in total. The average molecular weight is 415 g/mol. The molecular formula is C25H26N4O2. The maximum absolute atomic E-state index is 5.72. The molecule has 1 N–H and O–H groups in total. The highest BCUT2D eigenvalue weighted by molar-refractivity contribution is 5.91. The molecule has 0 radical (unpaired) electrons. The van der Waals surface area contributed by atoms with Crippen LogP contribution >= 0.6 is 0 Å². The van der Waals surface area contributed by atoms with Crippen LogP contribution in [0.4, 0.5) is 17.2 Å². The van der Waals surface area contributed by atoms with E-state index in [0.717, 1.165) is 71.3 Å². The number of pyridine rings is 1. The standard InChI is InChI=1S/C25H26N4O2/c1-28-12-14-29(15-13-28)21-9-8-19(16-23(21)30-2)26-24-11-10-22-25(27-24)20(17-31-22)18-6-4-3-5-7-18/h3-11,16-17H,12-15H2,1-2H3,(H,26,27). The second-order valence-corrected chi connectivity index (χ2v) is 7.86. The van der Waals surface area contributed by atoms with Crippen LogP contribution in [0.3, 0.4) is 0 Å². The molecule has 2 aromatic heterocycles. The van der Waals surface area contributed by atoms with Crippen LogP contribution in [-0.2, 0) is 0 Å². The lowest BCUT2D eigenvalue weighted by molar-refractivity contribution is 0.311. The van der Waals surface area contributed by atoms with Gasteiger partial charge >= 0.3 is 0 Å². The van der Waals surface area contributed by atoms with Gasteiger partial charge in [-0.2, -0.15) is 0 Å². The molecule has 6 heteroatoms. The third-order valence-corrected chi connectivity index (χ3v) is 5.80. The molecule has 2 aromatic carbocycles. The number of hydrogen-bond donors (Lipinski definition) is 1. The van der Waals surface area contributed by atoms with Gasteiger partial charge < -0.3 is 24.3 Å². The molecule has 0 saturated carbocycles. The summed E-state index contributed by atoms with van der Waals surface area (Å²) < 4.78 is 11.4. The van der Waals surface area contributed by atoms with Gasteiger partial charge in [-0.25, -0.2) is 4.98 Å². The quantitative estimate of drug-likeness (QED) is 0.496. The molecule has 1 saturated heterocycles. The fourth-order valence-corrected chi connectivity index (χ4v) is 4.02. The number of rotatable bonds is 5. The van der Waals surface area contributed by atoms with E-state index in [2.05, 4.69) is 46.4 Å². The highest BCUT2D eigenvalue weighted by Gasteiger charge is 2.18. The Morgan fingerprint density at radius 2 is 1.77 bits per heavy atom. The van der Waals surface area contributed by atoms with E-state index in [1.54, 1.807) is 13.4 Å². The summed E-state index contributed by atoms with van der Waals surface area (Å²) in [6.07, 6.45) is 1.77. The molecule has 1 fully saturated rings. The summed E-state index contributed by atoms with van der Waals surface area (Å²) in [4.78, 5) is 9.55. The summed E-state index contributed by atoms with van der Waals surface area (Å²) in [5.41, 5.74) is 5.76. The number of methoxy groups -OCH3 is 1. The van der Waals surface area contributed by atoms with Crippen LogP contribution in [0.1, 0.15) is 0 Å². The molecule has 0 spiro atoms. The SMILES string of the molecule is COc1cc(Nc2ccc3occ(-c4ccccc4)c3n2)ccc1N1CCN(C)CC1. The maximum atomic E-state index is 5.72.